The molecule has 0 aliphatic carbocycles. The third-order valence-corrected chi connectivity index (χ3v) is 5.32. The van der Waals surface area contributed by atoms with Gasteiger partial charge in [0.1, 0.15) is 18.1 Å². The Morgan fingerprint density at radius 2 is 1.43 bits per heavy atom. The molecule has 0 bridgehead atoms. The molecule has 3 atom stereocenters. The lowest BCUT2D eigenvalue weighted by atomic mass is 9.94. The lowest BCUT2D eigenvalue weighted by molar-refractivity contribution is -0.192. The van der Waals surface area contributed by atoms with Gasteiger partial charge >= 0.3 is 18.1 Å². The van der Waals surface area contributed by atoms with Gasteiger partial charge in [0.15, 0.2) is 0 Å². The predicted molar refractivity (Wildman–Crippen MR) is 133 cm³/mol. The fourth-order valence-corrected chi connectivity index (χ4v) is 3.41. The van der Waals surface area contributed by atoms with E-state index in [1.807, 2.05) is 34.6 Å². The van der Waals surface area contributed by atoms with Crippen molar-refractivity contribution in [1.29, 1.82) is 0 Å². The fourth-order valence-electron chi connectivity index (χ4n) is 3.14. The molecule has 0 spiro atoms. The van der Waals surface area contributed by atoms with Crippen LogP contribution in [-0.2, 0) is 24.0 Å². The molecule has 0 heterocycles. The highest BCUT2D eigenvalue weighted by atomic mass is 79.9. The Morgan fingerprint density at radius 3 is 1.76 bits per heavy atom. The Labute approximate surface area is 222 Å². The summed E-state index contributed by atoms with van der Waals surface area (Å²) < 4.78 is 31.7. The van der Waals surface area contributed by atoms with E-state index in [4.69, 9.17) is 15.6 Å². The second kappa shape index (κ2) is 16.4. The van der Waals surface area contributed by atoms with E-state index in [-0.39, 0.29) is 23.6 Å². The van der Waals surface area contributed by atoms with Gasteiger partial charge in [-0.25, -0.2) is 9.59 Å². The number of amides is 3. The molecule has 0 saturated carbocycles. The van der Waals surface area contributed by atoms with Crippen LogP contribution in [-0.4, -0.2) is 86.5 Å². The number of halogens is 4. The van der Waals surface area contributed by atoms with E-state index in [0.717, 1.165) is 0 Å². The minimum atomic E-state index is -5.08. The molecule has 0 aliphatic heterocycles. The molecule has 3 amide bonds. The van der Waals surface area contributed by atoms with Crippen LogP contribution in [0.5, 0.6) is 0 Å². The van der Waals surface area contributed by atoms with Crippen LogP contribution < -0.4 is 16.4 Å². The minimum absolute atomic E-state index is 0.0693. The molecule has 6 N–H and O–H groups in total. The summed E-state index contributed by atoms with van der Waals surface area (Å²) in [6.45, 7) is 11.1. The molecular formula is C22H38BrF3N4O7. The lowest BCUT2D eigenvalue weighted by Crippen LogP contribution is -2.61. The van der Waals surface area contributed by atoms with Gasteiger partial charge in [0.05, 0.1) is 5.33 Å². The van der Waals surface area contributed by atoms with Crippen LogP contribution in [0, 0.1) is 5.92 Å². The second-order valence-electron chi connectivity index (χ2n) is 9.47. The van der Waals surface area contributed by atoms with Crippen molar-refractivity contribution in [1.82, 2.24) is 15.5 Å². The summed E-state index contributed by atoms with van der Waals surface area (Å²) in [6.07, 6.45) is -3.60. The SMILES string of the molecule is CC(C)[C@@H](C(=O)N[C@@H](C)C(=O)N[C@@H](CCCCN)C(=O)O)N(C(=O)CBr)C(C)(C)C.O=C(O)C(F)(F)F. The third kappa shape index (κ3) is 14.2. The summed E-state index contributed by atoms with van der Waals surface area (Å²) in [5, 5.41) is 21.6. The van der Waals surface area contributed by atoms with Gasteiger partial charge in [-0.2, -0.15) is 13.2 Å². The Morgan fingerprint density at radius 1 is 0.946 bits per heavy atom. The topological polar surface area (TPSA) is 179 Å². The summed E-state index contributed by atoms with van der Waals surface area (Å²) in [5.41, 5.74) is 4.81. The van der Waals surface area contributed by atoms with E-state index >= 15 is 0 Å². The van der Waals surface area contributed by atoms with Crippen molar-refractivity contribution in [2.24, 2.45) is 11.7 Å². The number of alkyl halides is 4. The number of hydrogen-bond donors (Lipinski definition) is 5. The number of hydrogen-bond acceptors (Lipinski definition) is 6. The van der Waals surface area contributed by atoms with Gasteiger partial charge in [0.2, 0.25) is 17.7 Å². The maximum atomic E-state index is 13.0. The monoisotopic (exact) mass is 606 g/mol. The zero-order valence-corrected chi connectivity index (χ0v) is 23.4. The maximum absolute atomic E-state index is 13.0. The molecule has 0 rings (SSSR count). The van der Waals surface area contributed by atoms with Gasteiger partial charge in [0.25, 0.3) is 0 Å². The Bertz CT molecular complexity index is 789. The van der Waals surface area contributed by atoms with Gasteiger partial charge in [-0.15, -0.1) is 0 Å². The van der Waals surface area contributed by atoms with E-state index in [1.54, 1.807) is 0 Å². The van der Waals surface area contributed by atoms with E-state index < -0.39 is 53.6 Å². The normalized spacial score (nSPS) is 13.9. The molecule has 0 aromatic carbocycles. The summed E-state index contributed by atoms with van der Waals surface area (Å²) in [5.74, 6) is -5.40. The number of carboxylic acid groups (broad SMARTS) is 2. The first kappa shape index (κ1) is 36.7. The number of carbonyl (C=O) groups is 5. The molecule has 0 saturated heterocycles. The van der Waals surface area contributed by atoms with Gasteiger partial charge in [-0.1, -0.05) is 29.8 Å². The highest BCUT2D eigenvalue weighted by molar-refractivity contribution is 9.09. The summed E-state index contributed by atoms with van der Waals surface area (Å²) in [7, 11) is 0. The summed E-state index contributed by atoms with van der Waals surface area (Å²) in [6, 6.07) is -2.80. The average Bonchev–Trinajstić information content (AvgIpc) is 2.74. The molecule has 0 radical (unpaired) electrons. The molecule has 0 aliphatic rings. The molecular weight excluding hydrogens is 569 g/mol. The molecule has 0 unspecified atom stereocenters. The second-order valence-corrected chi connectivity index (χ2v) is 10.0. The highest BCUT2D eigenvalue weighted by Gasteiger charge is 2.40. The average molecular weight is 607 g/mol. The molecule has 216 valence electrons. The van der Waals surface area contributed by atoms with Crippen molar-refractivity contribution >= 4 is 45.6 Å². The standard InChI is InChI=1S/C20H37BrN4O5.C2HF3O2/c1-12(2)16(25(15(26)11-21)20(4,5)6)18(28)23-13(3)17(27)24-14(19(29)30)9-7-8-10-22;3-2(4,5)1(6)7/h12-14,16H,7-11,22H2,1-6H3,(H,23,28)(H,24,27)(H,29,30);(H,6,7)/t13-,14-,16-;/m0./s1. The number of carbonyl (C=O) groups excluding carboxylic acids is 3. The van der Waals surface area contributed by atoms with Crippen LogP contribution in [0.25, 0.3) is 0 Å². The van der Waals surface area contributed by atoms with Gasteiger partial charge in [-0.3, -0.25) is 14.4 Å². The van der Waals surface area contributed by atoms with Crippen LogP contribution in [0.3, 0.4) is 0 Å². The zero-order chi connectivity index (χ0) is 29.7. The molecule has 0 fully saturated rings. The van der Waals surface area contributed by atoms with Crippen LogP contribution in [0.4, 0.5) is 13.2 Å². The molecule has 0 aromatic rings. The highest BCUT2D eigenvalue weighted by Crippen LogP contribution is 2.23. The number of nitrogens with two attached hydrogens (primary N) is 1. The van der Waals surface area contributed by atoms with Gasteiger partial charge in [-0.05, 0) is 59.4 Å². The van der Waals surface area contributed by atoms with Crippen molar-refractivity contribution < 1.29 is 47.4 Å². The third-order valence-electron chi connectivity index (χ3n) is 4.84. The number of rotatable bonds is 12. The smallest absolute Gasteiger partial charge is 0.480 e. The van der Waals surface area contributed by atoms with Gasteiger partial charge in [0, 0.05) is 5.54 Å². The molecule has 15 heteroatoms. The Hall–Kier alpha value is -2.42. The quantitative estimate of drug-likeness (QED) is 0.165. The first-order valence-corrected chi connectivity index (χ1v) is 12.6. The van der Waals surface area contributed by atoms with Crippen LogP contribution in [0.1, 0.15) is 60.8 Å². The van der Waals surface area contributed by atoms with Gasteiger partial charge < -0.3 is 31.5 Å². The van der Waals surface area contributed by atoms with Crippen molar-refractivity contribution in [3.63, 3.8) is 0 Å². The minimum Gasteiger partial charge on any atom is -0.480 e. The number of unbranched alkanes of at least 4 members (excludes halogenated alkanes) is 1. The molecule has 37 heavy (non-hydrogen) atoms. The van der Waals surface area contributed by atoms with Crippen molar-refractivity contribution in [2.75, 3.05) is 11.9 Å². The van der Waals surface area contributed by atoms with E-state index in [0.29, 0.717) is 19.4 Å². The fraction of sp³-hybridized carbons (Fsp3) is 0.773. The van der Waals surface area contributed by atoms with Crippen molar-refractivity contribution in [3.05, 3.63) is 0 Å². The number of nitrogens with zero attached hydrogens (tertiary/aromatic N) is 1. The number of aliphatic carboxylic acids is 2. The Kier molecular flexibility index (Phi) is 16.3. The van der Waals surface area contributed by atoms with Crippen molar-refractivity contribution in [3.8, 4) is 0 Å². The van der Waals surface area contributed by atoms with E-state index in [2.05, 4.69) is 26.6 Å². The number of carboxylic acids is 2. The first-order chi connectivity index (χ1) is 16.7. The van der Waals surface area contributed by atoms with Crippen LogP contribution in [0.2, 0.25) is 0 Å². The first-order valence-electron chi connectivity index (χ1n) is 11.4. The summed E-state index contributed by atoms with van der Waals surface area (Å²) >= 11 is 3.16. The summed E-state index contributed by atoms with van der Waals surface area (Å²) in [4.78, 5) is 59.8. The largest absolute Gasteiger partial charge is 0.490 e. The van der Waals surface area contributed by atoms with E-state index in [1.165, 1.54) is 11.8 Å². The molecule has 0 aromatic heterocycles. The predicted octanol–water partition coefficient (Wildman–Crippen LogP) is 1.87. The Balaban J connectivity index is 0. The maximum Gasteiger partial charge on any atom is 0.490 e. The van der Waals surface area contributed by atoms with Crippen molar-refractivity contribution in [2.45, 2.75) is 90.6 Å². The van der Waals surface area contributed by atoms with Crippen LogP contribution >= 0.6 is 15.9 Å². The van der Waals surface area contributed by atoms with E-state index in [9.17, 15) is 37.5 Å². The number of nitrogens with one attached hydrogen (secondary N) is 2. The molecule has 11 nitrogen and oxygen atoms in total. The lowest BCUT2D eigenvalue weighted by Gasteiger charge is -2.42. The zero-order valence-electron chi connectivity index (χ0n) is 21.8. The van der Waals surface area contributed by atoms with Crippen LogP contribution in [0.15, 0.2) is 0 Å².